The average Bonchev–Trinajstić information content (AvgIpc) is 3.07. The van der Waals surface area contributed by atoms with Crippen molar-refractivity contribution in [1.29, 1.82) is 0 Å². The van der Waals surface area contributed by atoms with Crippen LogP contribution in [0.2, 0.25) is 0 Å². The number of nitrogens with two attached hydrogens (primary N) is 1. The number of aryl methyl sites for hydroxylation is 1. The van der Waals surface area contributed by atoms with Crippen LogP contribution in [0.5, 0.6) is 0 Å². The van der Waals surface area contributed by atoms with Crippen LogP contribution >= 0.6 is 11.5 Å². The summed E-state index contributed by atoms with van der Waals surface area (Å²) < 4.78 is 4.22. The summed E-state index contributed by atoms with van der Waals surface area (Å²) in [5.41, 5.74) is 6.39. The molecule has 0 aliphatic carbocycles. The zero-order chi connectivity index (χ0) is 20.3. The van der Waals surface area contributed by atoms with Crippen molar-refractivity contribution in [3.8, 4) is 0 Å². The minimum atomic E-state index is -0.659. The third kappa shape index (κ3) is 4.30. The number of nitrogens with one attached hydrogen (secondary N) is 3. The second-order valence-electron chi connectivity index (χ2n) is 6.65. The molecule has 0 radical (unpaired) electrons. The van der Waals surface area contributed by atoms with E-state index in [1.165, 1.54) is 11.5 Å². The van der Waals surface area contributed by atoms with E-state index in [0.717, 1.165) is 30.1 Å². The van der Waals surface area contributed by atoms with Crippen molar-refractivity contribution >= 4 is 40.1 Å². The Labute approximate surface area is 167 Å². The molecule has 2 aromatic heterocycles. The van der Waals surface area contributed by atoms with Crippen molar-refractivity contribution in [1.82, 2.24) is 25.0 Å². The lowest BCUT2D eigenvalue weighted by Crippen LogP contribution is -2.55. The average molecular weight is 405 g/mol. The molecule has 1 fully saturated rings. The topological polar surface area (TPSA) is 138 Å². The summed E-state index contributed by atoms with van der Waals surface area (Å²) in [6.45, 7) is 4.69. The molecule has 2 atom stereocenters. The second-order valence-corrected chi connectivity index (χ2v) is 7.46. The number of hydrogen-bond acceptors (Lipinski definition) is 8. The maximum atomic E-state index is 11.8. The molecular weight excluding hydrogens is 380 g/mol. The van der Waals surface area contributed by atoms with Gasteiger partial charge >= 0.3 is 6.03 Å². The highest BCUT2D eigenvalue weighted by molar-refractivity contribution is 7.10. The van der Waals surface area contributed by atoms with E-state index < -0.39 is 5.91 Å². The number of urea groups is 1. The molecular formula is C17H24N8O2S. The van der Waals surface area contributed by atoms with Gasteiger partial charge in [-0.2, -0.15) is 4.37 Å². The van der Waals surface area contributed by atoms with Crippen LogP contribution < -0.4 is 26.6 Å². The number of amides is 3. The van der Waals surface area contributed by atoms with Gasteiger partial charge in [-0.05, 0) is 44.3 Å². The quantitative estimate of drug-likeness (QED) is 0.590. The summed E-state index contributed by atoms with van der Waals surface area (Å²) in [5.74, 6) is 0.250. The summed E-state index contributed by atoms with van der Waals surface area (Å²) in [6, 6.07) is 1.64. The molecule has 0 saturated carbocycles. The largest absolute Gasteiger partial charge is 0.364 e. The van der Waals surface area contributed by atoms with Gasteiger partial charge in [0, 0.05) is 19.6 Å². The molecule has 3 rings (SSSR count). The monoisotopic (exact) mass is 404 g/mol. The van der Waals surface area contributed by atoms with Crippen molar-refractivity contribution in [2.75, 3.05) is 23.8 Å². The minimum Gasteiger partial charge on any atom is -0.364 e. The van der Waals surface area contributed by atoms with Gasteiger partial charge in [-0.3, -0.25) is 4.79 Å². The van der Waals surface area contributed by atoms with Crippen LogP contribution in [0.15, 0.2) is 12.3 Å². The third-order valence-electron chi connectivity index (χ3n) is 4.69. The number of hydrogen-bond donors (Lipinski definition) is 4. The lowest BCUT2D eigenvalue weighted by atomic mass is 9.97. The number of anilines is 3. The number of carbonyl (C=O) groups is 2. The predicted octanol–water partition coefficient (Wildman–Crippen LogP) is 1.37. The molecule has 10 nitrogen and oxygen atoms in total. The lowest BCUT2D eigenvalue weighted by Gasteiger charge is -2.40. The smallest absolute Gasteiger partial charge is 0.314 e. The number of carbonyl (C=O) groups excluding carboxylic acids is 2. The molecule has 2 unspecified atom stereocenters. The minimum absolute atomic E-state index is 0.0123. The number of piperidine rings is 1. The van der Waals surface area contributed by atoms with E-state index in [1.54, 1.807) is 13.2 Å². The Kier molecular flexibility index (Phi) is 5.93. The summed E-state index contributed by atoms with van der Waals surface area (Å²) in [4.78, 5) is 34.4. The van der Waals surface area contributed by atoms with E-state index in [1.807, 2.05) is 19.9 Å². The van der Waals surface area contributed by atoms with E-state index in [0.29, 0.717) is 11.6 Å². The summed E-state index contributed by atoms with van der Waals surface area (Å²) in [7, 11) is 1.59. The normalized spacial score (nSPS) is 19.2. The van der Waals surface area contributed by atoms with Gasteiger partial charge in [0.25, 0.3) is 5.91 Å². The highest BCUT2D eigenvalue weighted by Crippen LogP contribution is 2.27. The number of nitrogens with zero attached hydrogens (tertiary/aromatic N) is 4. The van der Waals surface area contributed by atoms with Crippen LogP contribution in [0.3, 0.4) is 0 Å². The van der Waals surface area contributed by atoms with Crippen molar-refractivity contribution in [2.24, 2.45) is 5.73 Å². The molecule has 2 aromatic rings. The fraction of sp³-hybridized carbons (Fsp3) is 0.471. The van der Waals surface area contributed by atoms with Gasteiger partial charge in [0.05, 0.1) is 17.9 Å². The standard InChI is InChI=1S/C17H24N8O2S/c1-9-7-13(28-24-9)23-16-14(15(18)26)20-8-12(22-16)25-6-4-5-11(10(25)2)21-17(27)19-3/h7-8,10-11H,4-6H2,1-3H3,(H2,18,26)(H,22,23)(H2,19,21,27). The van der Waals surface area contributed by atoms with E-state index in [2.05, 4.69) is 35.2 Å². The van der Waals surface area contributed by atoms with Gasteiger partial charge in [0.1, 0.15) is 10.8 Å². The van der Waals surface area contributed by atoms with Crippen molar-refractivity contribution in [3.63, 3.8) is 0 Å². The fourth-order valence-electron chi connectivity index (χ4n) is 3.22. The Morgan fingerprint density at radius 3 is 2.82 bits per heavy atom. The van der Waals surface area contributed by atoms with Gasteiger partial charge in [0.2, 0.25) is 0 Å². The molecule has 5 N–H and O–H groups in total. The van der Waals surface area contributed by atoms with Crippen molar-refractivity contribution in [3.05, 3.63) is 23.7 Å². The van der Waals surface area contributed by atoms with Crippen LogP contribution in [0.1, 0.15) is 35.9 Å². The van der Waals surface area contributed by atoms with Crippen LogP contribution in [-0.2, 0) is 0 Å². The number of aromatic nitrogens is 3. The van der Waals surface area contributed by atoms with Gasteiger partial charge in [0.15, 0.2) is 11.5 Å². The Bertz CT molecular complexity index is 871. The molecule has 0 spiro atoms. The Morgan fingerprint density at radius 2 is 2.18 bits per heavy atom. The molecule has 11 heteroatoms. The molecule has 0 aromatic carbocycles. The van der Waals surface area contributed by atoms with E-state index in [4.69, 9.17) is 5.73 Å². The zero-order valence-corrected chi connectivity index (χ0v) is 16.8. The predicted molar refractivity (Wildman–Crippen MR) is 108 cm³/mol. The van der Waals surface area contributed by atoms with Crippen LogP contribution in [0.4, 0.5) is 21.4 Å². The van der Waals surface area contributed by atoms with Gasteiger partial charge < -0.3 is 26.6 Å². The fourth-order valence-corrected chi connectivity index (χ4v) is 3.89. The van der Waals surface area contributed by atoms with E-state index in [-0.39, 0.29) is 23.8 Å². The third-order valence-corrected chi connectivity index (χ3v) is 5.48. The van der Waals surface area contributed by atoms with Crippen LogP contribution in [-0.4, -0.2) is 52.0 Å². The van der Waals surface area contributed by atoms with E-state index in [9.17, 15) is 9.59 Å². The Hall–Kier alpha value is -2.95. The maximum Gasteiger partial charge on any atom is 0.314 e. The van der Waals surface area contributed by atoms with Crippen LogP contribution in [0.25, 0.3) is 0 Å². The summed E-state index contributed by atoms with van der Waals surface area (Å²) in [5, 5.41) is 9.40. The molecule has 1 saturated heterocycles. The molecule has 3 amide bonds. The highest BCUT2D eigenvalue weighted by Gasteiger charge is 2.30. The zero-order valence-electron chi connectivity index (χ0n) is 16.0. The van der Waals surface area contributed by atoms with Gasteiger partial charge in [-0.1, -0.05) is 0 Å². The van der Waals surface area contributed by atoms with Crippen LogP contribution in [0, 0.1) is 6.92 Å². The molecule has 150 valence electrons. The first-order valence-electron chi connectivity index (χ1n) is 9.01. The van der Waals surface area contributed by atoms with Gasteiger partial charge in [-0.15, -0.1) is 0 Å². The first-order chi connectivity index (χ1) is 13.4. The summed E-state index contributed by atoms with van der Waals surface area (Å²) in [6.07, 6.45) is 3.32. The molecule has 1 aliphatic heterocycles. The molecule has 3 heterocycles. The van der Waals surface area contributed by atoms with Crippen molar-refractivity contribution in [2.45, 2.75) is 38.8 Å². The second kappa shape index (κ2) is 8.38. The van der Waals surface area contributed by atoms with Crippen molar-refractivity contribution < 1.29 is 9.59 Å². The molecule has 1 aliphatic rings. The number of primary amides is 1. The number of rotatable bonds is 5. The van der Waals surface area contributed by atoms with Gasteiger partial charge in [-0.25, -0.2) is 14.8 Å². The first-order valence-corrected chi connectivity index (χ1v) is 9.78. The summed E-state index contributed by atoms with van der Waals surface area (Å²) >= 11 is 1.27. The first kappa shape index (κ1) is 19.8. The Morgan fingerprint density at radius 1 is 1.39 bits per heavy atom. The lowest BCUT2D eigenvalue weighted by molar-refractivity contribution is 0.0996. The maximum absolute atomic E-state index is 11.8. The Balaban J connectivity index is 1.87. The molecule has 0 bridgehead atoms. The highest BCUT2D eigenvalue weighted by atomic mass is 32.1. The SMILES string of the molecule is CNC(=O)NC1CCCN(c2cnc(C(N)=O)c(Nc3cc(C)ns3)n2)C1C. The molecule has 28 heavy (non-hydrogen) atoms. The van der Waals surface area contributed by atoms with E-state index >= 15 is 0 Å².